The van der Waals surface area contributed by atoms with Gasteiger partial charge in [0, 0.05) is 12.6 Å². The highest BCUT2D eigenvalue weighted by Gasteiger charge is 2.10. The first-order chi connectivity index (χ1) is 6.70. The summed E-state index contributed by atoms with van der Waals surface area (Å²) in [5.74, 6) is 0.333. The molecule has 0 saturated heterocycles. The molecular formula is C11H11NO2. The zero-order valence-electron chi connectivity index (χ0n) is 8.15. The van der Waals surface area contributed by atoms with Crippen molar-refractivity contribution in [3.8, 4) is 11.3 Å². The molecule has 1 heterocycles. The van der Waals surface area contributed by atoms with Crippen molar-refractivity contribution in [2.75, 3.05) is 0 Å². The molecule has 0 atom stereocenters. The monoisotopic (exact) mass is 189 g/mol. The summed E-state index contributed by atoms with van der Waals surface area (Å²) in [6, 6.07) is 9.61. The summed E-state index contributed by atoms with van der Waals surface area (Å²) in [6.07, 6.45) is 0. The van der Waals surface area contributed by atoms with Crippen LogP contribution >= 0.6 is 0 Å². The lowest BCUT2D eigenvalue weighted by Crippen LogP contribution is -2.09. The van der Waals surface area contributed by atoms with E-state index in [2.05, 4.69) is 0 Å². The number of nitrogens with zero attached hydrogens (tertiary/aromatic N) is 1. The van der Waals surface area contributed by atoms with Crippen LogP contribution < -0.4 is 5.76 Å². The molecular weight excluding hydrogens is 178 g/mol. The molecule has 14 heavy (non-hydrogen) atoms. The number of hydrogen-bond acceptors (Lipinski definition) is 2. The van der Waals surface area contributed by atoms with E-state index in [1.54, 1.807) is 7.05 Å². The maximum atomic E-state index is 11.2. The van der Waals surface area contributed by atoms with Gasteiger partial charge >= 0.3 is 5.76 Å². The molecule has 3 nitrogen and oxygen atoms in total. The highest BCUT2D eigenvalue weighted by atomic mass is 16.4. The van der Waals surface area contributed by atoms with Crippen molar-refractivity contribution in [3.63, 3.8) is 0 Å². The molecule has 0 saturated carbocycles. The molecule has 0 fully saturated rings. The van der Waals surface area contributed by atoms with Crippen LogP contribution in [0.25, 0.3) is 11.3 Å². The van der Waals surface area contributed by atoms with Gasteiger partial charge in [0.25, 0.3) is 0 Å². The van der Waals surface area contributed by atoms with Crippen molar-refractivity contribution in [1.29, 1.82) is 0 Å². The van der Waals surface area contributed by atoms with Crippen molar-refractivity contribution >= 4 is 0 Å². The summed E-state index contributed by atoms with van der Waals surface area (Å²) in [4.78, 5) is 11.2. The standard InChI is InChI=1S/C11H11NO2/c1-8-10(14-11(13)12(8)2)9-6-4-3-5-7-9/h3-7H,1-2H3. The van der Waals surface area contributed by atoms with Gasteiger partial charge in [-0.3, -0.25) is 4.57 Å². The Hall–Kier alpha value is -1.77. The second-order valence-corrected chi connectivity index (χ2v) is 3.21. The third-order valence-electron chi connectivity index (χ3n) is 2.33. The van der Waals surface area contributed by atoms with Crippen LogP contribution in [0.5, 0.6) is 0 Å². The smallest absolute Gasteiger partial charge is 0.407 e. The summed E-state index contributed by atoms with van der Waals surface area (Å²) in [5, 5.41) is 0. The van der Waals surface area contributed by atoms with E-state index in [0.717, 1.165) is 11.3 Å². The Balaban J connectivity index is 2.64. The fraction of sp³-hybridized carbons (Fsp3) is 0.182. The van der Waals surface area contributed by atoms with E-state index >= 15 is 0 Å². The molecule has 0 bridgehead atoms. The maximum Gasteiger partial charge on any atom is 0.419 e. The van der Waals surface area contributed by atoms with Gasteiger partial charge in [-0.25, -0.2) is 4.79 Å². The molecule has 3 heteroatoms. The van der Waals surface area contributed by atoms with Gasteiger partial charge in [0.1, 0.15) is 0 Å². The van der Waals surface area contributed by atoms with Crippen LogP contribution in [0.3, 0.4) is 0 Å². The van der Waals surface area contributed by atoms with Gasteiger partial charge in [0.05, 0.1) is 5.69 Å². The Morgan fingerprint density at radius 3 is 2.36 bits per heavy atom. The van der Waals surface area contributed by atoms with E-state index in [1.165, 1.54) is 4.57 Å². The lowest BCUT2D eigenvalue weighted by molar-refractivity contribution is 0.505. The van der Waals surface area contributed by atoms with E-state index in [1.807, 2.05) is 37.3 Å². The van der Waals surface area contributed by atoms with Crippen LogP contribution in [0, 0.1) is 6.92 Å². The Morgan fingerprint density at radius 1 is 1.21 bits per heavy atom. The van der Waals surface area contributed by atoms with Crippen molar-refractivity contribution in [3.05, 3.63) is 46.6 Å². The minimum absolute atomic E-state index is 0.318. The zero-order chi connectivity index (χ0) is 10.1. The maximum absolute atomic E-state index is 11.2. The third kappa shape index (κ3) is 1.27. The Bertz CT molecular complexity index is 494. The highest BCUT2D eigenvalue weighted by molar-refractivity contribution is 5.59. The molecule has 0 aliphatic carbocycles. The number of benzene rings is 1. The largest absolute Gasteiger partial charge is 0.419 e. The van der Waals surface area contributed by atoms with Gasteiger partial charge in [-0.2, -0.15) is 0 Å². The average Bonchev–Trinajstić information content (AvgIpc) is 2.47. The second-order valence-electron chi connectivity index (χ2n) is 3.21. The zero-order valence-corrected chi connectivity index (χ0v) is 8.15. The van der Waals surface area contributed by atoms with Crippen molar-refractivity contribution < 1.29 is 4.42 Å². The highest BCUT2D eigenvalue weighted by Crippen LogP contribution is 2.20. The number of oxazole rings is 1. The lowest BCUT2D eigenvalue weighted by Gasteiger charge is -1.97. The van der Waals surface area contributed by atoms with Gasteiger partial charge in [-0.05, 0) is 6.92 Å². The van der Waals surface area contributed by atoms with Gasteiger partial charge in [-0.15, -0.1) is 0 Å². The molecule has 72 valence electrons. The van der Waals surface area contributed by atoms with E-state index in [4.69, 9.17) is 4.42 Å². The Labute approximate surface area is 81.6 Å². The molecule has 0 unspecified atom stereocenters. The molecule has 0 radical (unpaired) electrons. The molecule has 2 aromatic rings. The molecule has 1 aromatic heterocycles. The average molecular weight is 189 g/mol. The summed E-state index contributed by atoms with van der Waals surface area (Å²) in [5.41, 5.74) is 1.78. The van der Waals surface area contributed by atoms with E-state index < -0.39 is 0 Å². The van der Waals surface area contributed by atoms with Gasteiger partial charge in [0.2, 0.25) is 0 Å². The Morgan fingerprint density at radius 2 is 1.86 bits per heavy atom. The molecule has 1 aromatic carbocycles. The van der Waals surface area contributed by atoms with Crippen LogP contribution in [0.15, 0.2) is 39.5 Å². The topological polar surface area (TPSA) is 35.1 Å². The van der Waals surface area contributed by atoms with E-state index in [9.17, 15) is 4.79 Å². The third-order valence-corrected chi connectivity index (χ3v) is 2.33. The molecule has 0 aliphatic rings. The van der Waals surface area contributed by atoms with Crippen molar-refractivity contribution in [2.24, 2.45) is 7.05 Å². The van der Waals surface area contributed by atoms with Gasteiger partial charge in [0.15, 0.2) is 5.76 Å². The first-order valence-corrected chi connectivity index (χ1v) is 4.42. The number of rotatable bonds is 1. The van der Waals surface area contributed by atoms with Crippen LogP contribution in [-0.4, -0.2) is 4.57 Å². The quantitative estimate of drug-likeness (QED) is 0.687. The molecule has 0 N–H and O–H groups in total. The summed E-state index contributed by atoms with van der Waals surface area (Å²) >= 11 is 0. The summed E-state index contributed by atoms with van der Waals surface area (Å²) < 4.78 is 6.64. The fourth-order valence-corrected chi connectivity index (χ4v) is 1.38. The first-order valence-electron chi connectivity index (χ1n) is 4.42. The Kier molecular flexibility index (Phi) is 2.00. The SMILES string of the molecule is Cc1c(-c2ccccc2)oc(=O)n1C. The van der Waals surface area contributed by atoms with Crippen LogP contribution in [0.2, 0.25) is 0 Å². The fourth-order valence-electron chi connectivity index (χ4n) is 1.38. The van der Waals surface area contributed by atoms with Gasteiger partial charge < -0.3 is 4.42 Å². The van der Waals surface area contributed by atoms with Crippen LogP contribution in [-0.2, 0) is 7.05 Å². The minimum atomic E-state index is -0.318. The summed E-state index contributed by atoms with van der Waals surface area (Å²) in [6.45, 7) is 1.87. The molecule has 0 amide bonds. The van der Waals surface area contributed by atoms with E-state index in [0.29, 0.717) is 5.76 Å². The van der Waals surface area contributed by atoms with Crippen molar-refractivity contribution in [2.45, 2.75) is 6.92 Å². The molecule has 2 rings (SSSR count). The van der Waals surface area contributed by atoms with Gasteiger partial charge in [-0.1, -0.05) is 30.3 Å². The predicted octanol–water partition coefficient (Wildman–Crippen LogP) is 1.95. The number of aromatic nitrogens is 1. The number of hydrogen-bond donors (Lipinski definition) is 0. The minimum Gasteiger partial charge on any atom is -0.407 e. The van der Waals surface area contributed by atoms with E-state index in [-0.39, 0.29) is 5.76 Å². The first kappa shape index (κ1) is 8.81. The lowest BCUT2D eigenvalue weighted by atomic mass is 10.1. The second kappa shape index (κ2) is 3.18. The van der Waals surface area contributed by atoms with Crippen molar-refractivity contribution in [1.82, 2.24) is 4.57 Å². The van der Waals surface area contributed by atoms with Crippen LogP contribution in [0.4, 0.5) is 0 Å². The molecule has 0 spiro atoms. The van der Waals surface area contributed by atoms with Crippen LogP contribution in [0.1, 0.15) is 5.69 Å². The summed E-state index contributed by atoms with van der Waals surface area (Å²) in [7, 11) is 1.70. The molecule has 0 aliphatic heterocycles. The predicted molar refractivity (Wildman–Crippen MR) is 54.1 cm³/mol. The normalized spacial score (nSPS) is 10.4.